The van der Waals surface area contributed by atoms with Crippen LogP contribution in [0.4, 0.5) is 0 Å². The van der Waals surface area contributed by atoms with Crippen molar-refractivity contribution in [2.24, 2.45) is 0 Å². The number of hydrogen-bond donors (Lipinski definition) is 0. The second kappa shape index (κ2) is 6.38. The molecule has 0 aliphatic carbocycles. The fourth-order valence-corrected chi connectivity index (χ4v) is 3.77. The molecule has 0 saturated carbocycles. The lowest BCUT2D eigenvalue weighted by Crippen LogP contribution is -2.46. The Hall–Kier alpha value is -2.57. The van der Waals surface area contributed by atoms with Gasteiger partial charge in [-0.15, -0.1) is 0 Å². The molecule has 2 heterocycles. The summed E-state index contributed by atoms with van der Waals surface area (Å²) in [6.45, 7) is 2.12. The SMILES string of the molecule is CN1CCC2(C=C(Cc3ccc(C#N)cc3)c3ccccc3O2)CC1. The van der Waals surface area contributed by atoms with E-state index in [1.807, 2.05) is 18.2 Å². The van der Waals surface area contributed by atoms with E-state index in [9.17, 15) is 0 Å². The van der Waals surface area contributed by atoms with Crippen molar-refractivity contribution < 1.29 is 4.74 Å². The van der Waals surface area contributed by atoms with Crippen molar-refractivity contribution in [3.63, 3.8) is 0 Å². The second-order valence-electron chi connectivity index (χ2n) is 7.12. The van der Waals surface area contributed by atoms with Crippen LogP contribution in [0.15, 0.2) is 54.6 Å². The normalized spacial score (nSPS) is 18.8. The van der Waals surface area contributed by atoms with Crippen LogP contribution >= 0.6 is 0 Å². The molecule has 0 atom stereocenters. The number of allylic oxidation sites excluding steroid dienone is 1. The average Bonchev–Trinajstić information content (AvgIpc) is 2.65. The van der Waals surface area contributed by atoms with E-state index in [2.05, 4.69) is 54.4 Å². The largest absolute Gasteiger partial charge is 0.482 e. The Morgan fingerprint density at radius 1 is 1.08 bits per heavy atom. The van der Waals surface area contributed by atoms with Gasteiger partial charge in [0.25, 0.3) is 0 Å². The van der Waals surface area contributed by atoms with Gasteiger partial charge in [-0.1, -0.05) is 30.3 Å². The molecule has 0 radical (unpaired) electrons. The molecular weight excluding hydrogens is 308 g/mol. The molecule has 3 nitrogen and oxygen atoms in total. The lowest BCUT2D eigenvalue weighted by molar-refractivity contribution is 0.0466. The minimum atomic E-state index is -0.178. The fourth-order valence-electron chi connectivity index (χ4n) is 3.77. The van der Waals surface area contributed by atoms with E-state index >= 15 is 0 Å². The lowest BCUT2D eigenvalue weighted by Gasteiger charge is -2.42. The summed E-state index contributed by atoms with van der Waals surface area (Å²) in [7, 11) is 2.17. The first-order chi connectivity index (χ1) is 12.2. The number of para-hydroxylation sites is 1. The molecule has 2 aliphatic heterocycles. The standard InChI is InChI=1S/C22H22N2O/c1-24-12-10-22(11-13-24)15-19(20-4-2-3-5-21(20)25-22)14-17-6-8-18(16-23)9-7-17/h2-9,15H,10-14H2,1H3. The Bertz CT molecular complexity index is 837. The number of nitrogens with zero attached hydrogens (tertiary/aromatic N) is 2. The molecule has 0 N–H and O–H groups in total. The van der Waals surface area contributed by atoms with E-state index in [4.69, 9.17) is 10.00 Å². The summed E-state index contributed by atoms with van der Waals surface area (Å²) in [6, 6.07) is 18.4. The second-order valence-corrected chi connectivity index (χ2v) is 7.12. The Morgan fingerprint density at radius 3 is 2.52 bits per heavy atom. The first-order valence-electron chi connectivity index (χ1n) is 8.85. The molecule has 2 aromatic carbocycles. The first kappa shape index (κ1) is 15.9. The zero-order valence-corrected chi connectivity index (χ0v) is 14.5. The molecule has 0 aromatic heterocycles. The summed E-state index contributed by atoms with van der Waals surface area (Å²) < 4.78 is 6.47. The number of nitriles is 1. The maximum absolute atomic E-state index is 8.99. The van der Waals surface area contributed by atoms with Gasteiger partial charge < -0.3 is 9.64 Å². The average molecular weight is 330 g/mol. The van der Waals surface area contributed by atoms with Gasteiger partial charge in [-0.3, -0.25) is 0 Å². The minimum Gasteiger partial charge on any atom is -0.482 e. The molecule has 126 valence electrons. The van der Waals surface area contributed by atoms with E-state index in [1.54, 1.807) is 0 Å². The number of fused-ring (bicyclic) bond motifs is 1. The molecule has 2 aromatic rings. The van der Waals surface area contributed by atoms with E-state index in [-0.39, 0.29) is 5.60 Å². The van der Waals surface area contributed by atoms with Crippen LogP contribution in [-0.4, -0.2) is 30.6 Å². The topological polar surface area (TPSA) is 36.3 Å². The smallest absolute Gasteiger partial charge is 0.130 e. The number of hydrogen-bond acceptors (Lipinski definition) is 3. The maximum Gasteiger partial charge on any atom is 0.130 e. The number of benzene rings is 2. The lowest BCUT2D eigenvalue weighted by atomic mass is 9.83. The fraction of sp³-hybridized carbons (Fsp3) is 0.318. The quantitative estimate of drug-likeness (QED) is 0.834. The van der Waals surface area contributed by atoms with Gasteiger partial charge in [0.1, 0.15) is 11.4 Å². The molecular formula is C22H22N2O. The highest BCUT2D eigenvalue weighted by Gasteiger charge is 2.37. The van der Waals surface area contributed by atoms with Crippen molar-refractivity contribution >= 4 is 5.57 Å². The zero-order chi connectivity index (χ0) is 17.3. The van der Waals surface area contributed by atoms with Crippen LogP contribution < -0.4 is 4.74 Å². The Balaban J connectivity index is 1.68. The monoisotopic (exact) mass is 330 g/mol. The van der Waals surface area contributed by atoms with Crippen molar-refractivity contribution in [2.75, 3.05) is 20.1 Å². The summed E-state index contributed by atoms with van der Waals surface area (Å²) in [4.78, 5) is 2.36. The number of likely N-dealkylation sites (tertiary alicyclic amines) is 1. The molecule has 25 heavy (non-hydrogen) atoms. The third kappa shape index (κ3) is 3.18. The van der Waals surface area contributed by atoms with E-state index in [1.165, 1.54) is 16.7 Å². The zero-order valence-electron chi connectivity index (χ0n) is 14.5. The highest BCUT2D eigenvalue weighted by atomic mass is 16.5. The minimum absolute atomic E-state index is 0.178. The highest BCUT2D eigenvalue weighted by molar-refractivity contribution is 5.75. The summed E-state index contributed by atoms with van der Waals surface area (Å²) in [5.41, 5.74) is 4.28. The van der Waals surface area contributed by atoms with E-state index in [0.29, 0.717) is 5.56 Å². The molecule has 0 amide bonds. The van der Waals surface area contributed by atoms with Crippen molar-refractivity contribution in [2.45, 2.75) is 24.9 Å². The first-order valence-corrected chi connectivity index (χ1v) is 8.85. The molecule has 0 unspecified atom stereocenters. The van der Waals surface area contributed by atoms with Crippen LogP contribution in [0.3, 0.4) is 0 Å². The third-order valence-corrected chi connectivity index (χ3v) is 5.29. The van der Waals surface area contributed by atoms with Crippen molar-refractivity contribution in [1.82, 2.24) is 4.90 Å². The van der Waals surface area contributed by atoms with Gasteiger partial charge in [-0.05, 0) is 48.9 Å². The van der Waals surface area contributed by atoms with Gasteiger partial charge in [-0.2, -0.15) is 5.26 Å². The molecule has 2 aliphatic rings. The predicted molar refractivity (Wildman–Crippen MR) is 99.4 cm³/mol. The van der Waals surface area contributed by atoms with Crippen molar-refractivity contribution in [3.8, 4) is 11.8 Å². The van der Waals surface area contributed by atoms with Gasteiger partial charge in [-0.25, -0.2) is 0 Å². The number of piperidine rings is 1. The number of rotatable bonds is 2. The van der Waals surface area contributed by atoms with Crippen LogP contribution in [0, 0.1) is 11.3 Å². The molecule has 4 rings (SSSR count). The Labute approximate surface area is 149 Å². The molecule has 1 spiro atoms. The predicted octanol–water partition coefficient (Wildman–Crippen LogP) is 4.04. The molecule has 0 bridgehead atoms. The molecule has 1 saturated heterocycles. The van der Waals surface area contributed by atoms with Gasteiger partial charge in [0.15, 0.2) is 0 Å². The number of ether oxygens (including phenoxy) is 1. The van der Waals surface area contributed by atoms with Crippen LogP contribution in [0.1, 0.15) is 29.5 Å². The summed E-state index contributed by atoms with van der Waals surface area (Å²) in [6.07, 6.45) is 5.27. The highest BCUT2D eigenvalue weighted by Crippen LogP contribution is 2.41. The summed E-state index contributed by atoms with van der Waals surface area (Å²) in [5.74, 6) is 0.998. The van der Waals surface area contributed by atoms with Crippen LogP contribution in [0.2, 0.25) is 0 Å². The van der Waals surface area contributed by atoms with E-state index < -0.39 is 0 Å². The molecule has 3 heteroatoms. The van der Waals surface area contributed by atoms with Gasteiger partial charge in [0.2, 0.25) is 0 Å². The maximum atomic E-state index is 8.99. The van der Waals surface area contributed by atoms with E-state index in [0.717, 1.165) is 38.1 Å². The van der Waals surface area contributed by atoms with Gasteiger partial charge >= 0.3 is 0 Å². The Kier molecular flexibility index (Phi) is 4.07. The summed E-state index contributed by atoms with van der Waals surface area (Å²) in [5, 5.41) is 8.99. The van der Waals surface area contributed by atoms with Crippen molar-refractivity contribution in [1.29, 1.82) is 5.26 Å². The van der Waals surface area contributed by atoms with Crippen LogP contribution in [0.25, 0.3) is 5.57 Å². The Morgan fingerprint density at radius 2 is 1.80 bits per heavy atom. The van der Waals surface area contributed by atoms with Crippen LogP contribution in [-0.2, 0) is 6.42 Å². The summed E-state index contributed by atoms with van der Waals surface area (Å²) >= 11 is 0. The molecule has 1 fully saturated rings. The van der Waals surface area contributed by atoms with Crippen molar-refractivity contribution in [3.05, 3.63) is 71.3 Å². The third-order valence-electron chi connectivity index (χ3n) is 5.29. The van der Waals surface area contributed by atoms with Gasteiger partial charge in [0, 0.05) is 31.5 Å². The van der Waals surface area contributed by atoms with Crippen LogP contribution in [0.5, 0.6) is 5.75 Å². The van der Waals surface area contributed by atoms with Gasteiger partial charge in [0.05, 0.1) is 11.6 Å².